The molecule has 0 bridgehead atoms. The first-order chi connectivity index (χ1) is 8.43. The predicted octanol–water partition coefficient (Wildman–Crippen LogP) is 4.68. The molecule has 0 aliphatic heterocycles. The van der Waals surface area contributed by atoms with Gasteiger partial charge in [0.15, 0.2) is 0 Å². The normalized spacial score (nSPS) is 13.0. The molecule has 0 radical (unpaired) electrons. The van der Waals surface area contributed by atoms with Crippen molar-refractivity contribution in [2.75, 3.05) is 14.2 Å². The van der Waals surface area contributed by atoms with Crippen LogP contribution in [0.2, 0.25) is 0 Å². The molecule has 0 spiro atoms. The standard InChI is InChI=1S/C13H25F3O2/c1-4-5-6-7-8-9-10-11-12(17-2,18-3)13(14,15)16/h4-11H2,1-3H3. The van der Waals surface area contributed by atoms with Gasteiger partial charge in [-0.2, -0.15) is 13.2 Å². The van der Waals surface area contributed by atoms with Crippen LogP contribution < -0.4 is 0 Å². The molecule has 0 saturated carbocycles. The first-order valence-electron chi connectivity index (χ1n) is 6.60. The summed E-state index contributed by atoms with van der Waals surface area (Å²) in [6, 6.07) is 0. The van der Waals surface area contributed by atoms with Crippen LogP contribution >= 0.6 is 0 Å². The molecule has 0 rings (SSSR count). The molecule has 0 N–H and O–H groups in total. The second-order valence-corrected chi connectivity index (χ2v) is 4.53. The van der Waals surface area contributed by atoms with E-state index in [9.17, 15) is 13.2 Å². The lowest BCUT2D eigenvalue weighted by Gasteiger charge is -2.32. The maximum absolute atomic E-state index is 12.8. The topological polar surface area (TPSA) is 18.5 Å². The monoisotopic (exact) mass is 270 g/mol. The summed E-state index contributed by atoms with van der Waals surface area (Å²) < 4.78 is 47.5. The second kappa shape index (κ2) is 8.75. The molecule has 0 aliphatic rings. The highest BCUT2D eigenvalue weighted by Gasteiger charge is 2.55. The Morgan fingerprint density at radius 3 is 1.61 bits per heavy atom. The Kier molecular flexibility index (Phi) is 8.61. The summed E-state index contributed by atoms with van der Waals surface area (Å²) in [6.45, 7) is 2.13. The fourth-order valence-corrected chi connectivity index (χ4v) is 1.98. The summed E-state index contributed by atoms with van der Waals surface area (Å²) >= 11 is 0. The number of hydrogen-bond acceptors (Lipinski definition) is 2. The van der Waals surface area contributed by atoms with Gasteiger partial charge in [0.2, 0.25) is 0 Å². The van der Waals surface area contributed by atoms with Crippen molar-refractivity contribution in [1.82, 2.24) is 0 Å². The smallest absolute Gasteiger partial charge is 0.346 e. The van der Waals surface area contributed by atoms with E-state index in [1.165, 1.54) is 12.8 Å². The van der Waals surface area contributed by atoms with Crippen LogP contribution in [0.3, 0.4) is 0 Å². The van der Waals surface area contributed by atoms with E-state index < -0.39 is 12.0 Å². The number of methoxy groups -OCH3 is 2. The summed E-state index contributed by atoms with van der Waals surface area (Å²) in [5.41, 5.74) is 0. The summed E-state index contributed by atoms with van der Waals surface area (Å²) in [4.78, 5) is 0. The van der Waals surface area contributed by atoms with Gasteiger partial charge < -0.3 is 9.47 Å². The van der Waals surface area contributed by atoms with Crippen molar-refractivity contribution in [3.05, 3.63) is 0 Å². The van der Waals surface area contributed by atoms with Gasteiger partial charge in [-0.25, -0.2) is 0 Å². The number of alkyl halides is 3. The van der Waals surface area contributed by atoms with Gasteiger partial charge in [-0.05, 0) is 6.42 Å². The minimum absolute atomic E-state index is 0.142. The predicted molar refractivity (Wildman–Crippen MR) is 65.4 cm³/mol. The van der Waals surface area contributed by atoms with E-state index in [0.29, 0.717) is 6.42 Å². The molecular formula is C13H25F3O2. The zero-order chi connectivity index (χ0) is 14.1. The zero-order valence-electron chi connectivity index (χ0n) is 11.6. The molecule has 0 heterocycles. The molecule has 0 aromatic carbocycles. The third kappa shape index (κ3) is 5.57. The Balaban J connectivity index is 3.92. The molecule has 0 aliphatic carbocycles. The van der Waals surface area contributed by atoms with E-state index in [1.807, 2.05) is 0 Å². The second-order valence-electron chi connectivity index (χ2n) is 4.53. The molecule has 110 valence electrons. The highest BCUT2D eigenvalue weighted by molar-refractivity contribution is 4.78. The van der Waals surface area contributed by atoms with Crippen LogP contribution in [0.25, 0.3) is 0 Å². The van der Waals surface area contributed by atoms with Gasteiger partial charge in [-0.15, -0.1) is 0 Å². The van der Waals surface area contributed by atoms with E-state index in [1.54, 1.807) is 0 Å². The van der Waals surface area contributed by atoms with Crippen molar-refractivity contribution in [2.45, 2.75) is 70.3 Å². The van der Waals surface area contributed by atoms with Crippen LogP contribution in [-0.4, -0.2) is 26.2 Å². The molecule has 0 aromatic rings. The fraction of sp³-hybridized carbons (Fsp3) is 1.00. The first-order valence-corrected chi connectivity index (χ1v) is 6.60. The third-order valence-corrected chi connectivity index (χ3v) is 3.20. The Hall–Kier alpha value is -0.290. The maximum Gasteiger partial charge on any atom is 0.443 e. The molecule has 0 atom stereocenters. The lowest BCUT2D eigenvalue weighted by atomic mass is 10.0. The molecule has 0 amide bonds. The lowest BCUT2D eigenvalue weighted by Crippen LogP contribution is -2.48. The van der Waals surface area contributed by atoms with E-state index in [2.05, 4.69) is 16.4 Å². The lowest BCUT2D eigenvalue weighted by molar-refractivity contribution is -0.369. The summed E-state index contributed by atoms with van der Waals surface area (Å²) in [5.74, 6) is -2.43. The van der Waals surface area contributed by atoms with Crippen molar-refractivity contribution in [1.29, 1.82) is 0 Å². The highest BCUT2D eigenvalue weighted by Crippen LogP contribution is 2.37. The van der Waals surface area contributed by atoms with Crippen LogP contribution in [0.4, 0.5) is 13.2 Å². The van der Waals surface area contributed by atoms with E-state index >= 15 is 0 Å². The fourth-order valence-electron chi connectivity index (χ4n) is 1.98. The van der Waals surface area contributed by atoms with Crippen molar-refractivity contribution in [3.63, 3.8) is 0 Å². The Morgan fingerprint density at radius 1 is 0.778 bits per heavy atom. The van der Waals surface area contributed by atoms with E-state index in [-0.39, 0.29) is 6.42 Å². The van der Waals surface area contributed by atoms with Gasteiger partial charge in [0, 0.05) is 20.6 Å². The van der Waals surface area contributed by atoms with Crippen LogP contribution in [-0.2, 0) is 9.47 Å². The molecular weight excluding hydrogens is 245 g/mol. The Labute approximate surface area is 108 Å². The van der Waals surface area contributed by atoms with Gasteiger partial charge >= 0.3 is 6.18 Å². The first kappa shape index (κ1) is 17.7. The average Bonchev–Trinajstić information content (AvgIpc) is 2.32. The van der Waals surface area contributed by atoms with Crippen LogP contribution in [0.15, 0.2) is 0 Å². The Morgan fingerprint density at radius 2 is 1.22 bits per heavy atom. The van der Waals surface area contributed by atoms with Crippen LogP contribution in [0.5, 0.6) is 0 Å². The minimum atomic E-state index is -4.49. The molecule has 0 aromatic heterocycles. The summed E-state index contributed by atoms with van der Waals surface area (Å²) in [5, 5.41) is 0. The van der Waals surface area contributed by atoms with Gasteiger partial charge in [0.05, 0.1) is 0 Å². The van der Waals surface area contributed by atoms with Gasteiger partial charge in [0.25, 0.3) is 5.79 Å². The highest BCUT2D eigenvalue weighted by atomic mass is 19.4. The largest absolute Gasteiger partial charge is 0.443 e. The molecule has 18 heavy (non-hydrogen) atoms. The summed E-state index contributed by atoms with van der Waals surface area (Å²) in [7, 11) is 2.08. The number of halogens is 3. The number of hydrogen-bond donors (Lipinski definition) is 0. The Bertz CT molecular complexity index is 201. The average molecular weight is 270 g/mol. The number of unbranched alkanes of at least 4 members (excludes halogenated alkanes) is 6. The zero-order valence-corrected chi connectivity index (χ0v) is 11.6. The third-order valence-electron chi connectivity index (χ3n) is 3.20. The van der Waals surface area contributed by atoms with Crippen LogP contribution in [0, 0.1) is 0 Å². The van der Waals surface area contributed by atoms with E-state index in [4.69, 9.17) is 0 Å². The van der Waals surface area contributed by atoms with Crippen molar-refractivity contribution in [3.8, 4) is 0 Å². The quantitative estimate of drug-likeness (QED) is 0.424. The molecule has 5 heteroatoms. The molecule has 0 unspecified atom stereocenters. The van der Waals surface area contributed by atoms with Gasteiger partial charge in [-0.1, -0.05) is 45.4 Å². The van der Waals surface area contributed by atoms with E-state index in [0.717, 1.165) is 39.9 Å². The van der Waals surface area contributed by atoms with Crippen molar-refractivity contribution >= 4 is 0 Å². The molecule has 0 saturated heterocycles. The molecule has 2 nitrogen and oxygen atoms in total. The number of ether oxygens (including phenoxy) is 2. The number of rotatable bonds is 10. The maximum atomic E-state index is 12.8. The van der Waals surface area contributed by atoms with Crippen molar-refractivity contribution < 1.29 is 22.6 Å². The van der Waals surface area contributed by atoms with Crippen molar-refractivity contribution in [2.24, 2.45) is 0 Å². The van der Waals surface area contributed by atoms with Gasteiger partial charge in [0.1, 0.15) is 0 Å². The van der Waals surface area contributed by atoms with Gasteiger partial charge in [-0.3, -0.25) is 0 Å². The SMILES string of the molecule is CCCCCCCCCC(OC)(OC)C(F)(F)F. The van der Waals surface area contributed by atoms with Crippen LogP contribution in [0.1, 0.15) is 58.3 Å². The summed E-state index contributed by atoms with van der Waals surface area (Å²) in [6.07, 6.45) is 2.22. The minimum Gasteiger partial charge on any atom is -0.346 e. The molecule has 0 fully saturated rings.